The number of nitrogens with one attached hydrogen (secondary N) is 1. The van der Waals surface area contributed by atoms with Gasteiger partial charge in [0.2, 0.25) is 5.28 Å². The molecule has 0 aliphatic rings. The van der Waals surface area contributed by atoms with E-state index in [0.717, 1.165) is 12.0 Å². The van der Waals surface area contributed by atoms with Gasteiger partial charge in [0.05, 0.1) is 0 Å². The van der Waals surface area contributed by atoms with Crippen LogP contribution in [-0.2, 0) is 6.54 Å². The first-order valence-electron chi connectivity index (χ1n) is 5.44. The van der Waals surface area contributed by atoms with E-state index in [1.807, 2.05) is 13.8 Å². The van der Waals surface area contributed by atoms with Gasteiger partial charge in [-0.05, 0) is 36.7 Å². The molecule has 2 heterocycles. The Morgan fingerprint density at radius 2 is 2.33 bits per heavy atom. The van der Waals surface area contributed by atoms with E-state index >= 15 is 0 Å². The van der Waals surface area contributed by atoms with E-state index in [9.17, 15) is 4.79 Å². The van der Waals surface area contributed by atoms with Gasteiger partial charge in [-0.2, -0.15) is 0 Å². The molecule has 0 saturated carbocycles. The Labute approximate surface area is 113 Å². The number of hydrogen-bond acceptors (Lipinski definition) is 5. The molecule has 0 bridgehead atoms. The third-order valence-corrected chi connectivity index (χ3v) is 3.54. The number of H-pyrrole nitrogens is 1. The topological polar surface area (TPSA) is 76.5 Å². The molecular formula is C10H12ClN5OS. The number of halogens is 1. The number of aromatic amines is 1. The maximum atomic E-state index is 11.5. The summed E-state index contributed by atoms with van der Waals surface area (Å²) in [6.45, 7) is 4.50. The van der Waals surface area contributed by atoms with Crippen molar-refractivity contribution >= 4 is 23.4 Å². The summed E-state index contributed by atoms with van der Waals surface area (Å²) < 4.78 is 1.58. The van der Waals surface area contributed by atoms with Crippen molar-refractivity contribution in [2.45, 2.75) is 37.0 Å². The molecule has 0 amide bonds. The minimum absolute atomic E-state index is 0.183. The molecule has 0 aromatic carbocycles. The van der Waals surface area contributed by atoms with E-state index in [4.69, 9.17) is 11.6 Å². The highest BCUT2D eigenvalue weighted by Crippen LogP contribution is 2.26. The van der Waals surface area contributed by atoms with E-state index in [1.54, 1.807) is 10.8 Å². The number of hydrogen-bond donors (Lipinski definition) is 1. The molecule has 1 N–H and O–H groups in total. The van der Waals surface area contributed by atoms with Gasteiger partial charge in [-0.1, -0.05) is 6.92 Å². The molecule has 2 aromatic heterocycles. The Balaban J connectivity index is 2.34. The average molecular weight is 286 g/mol. The van der Waals surface area contributed by atoms with Gasteiger partial charge in [0.25, 0.3) is 0 Å². The molecule has 6 nitrogen and oxygen atoms in total. The van der Waals surface area contributed by atoms with E-state index in [-0.39, 0.29) is 11.0 Å². The highest BCUT2D eigenvalue weighted by Gasteiger charge is 2.12. The van der Waals surface area contributed by atoms with Crippen LogP contribution in [0, 0.1) is 6.92 Å². The van der Waals surface area contributed by atoms with Gasteiger partial charge in [-0.3, -0.25) is 4.57 Å². The van der Waals surface area contributed by atoms with E-state index in [0.29, 0.717) is 16.7 Å². The lowest BCUT2D eigenvalue weighted by Gasteiger charge is -2.05. The molecule has 2 aromatic rings. The van der Waals surface area contributed by atoms with Crippen molar-refractivity contribution in [3.8, 4) is 0 Å². The van der Waals surface area contributed by atoms with Gasteiger partial charge in [0, 0.05) is 18.3 Å². The molecule has 0 fully saturated rings. The van der Waals surface area contributed by atoms with E-state index < -0.39 is 0 Å². The van der Waals surface area contributed by atoms with Crippen molar-refractivity contribution in [3.05, 3.63) is 27.5 Å². The van der Waals surface area contributed by atoms with Gasteiger partial charge >= 0.3 is 5.69 Å². The third-order valence-electron chi connectivity index (χ3n) is 2.25. The van der Waals surface area contributed by atoms with Crippen molar-refractivity contribution in [1.29, 1.82) is 0 Å². The summed E-state index contributed by atoms with van der Waals surface area (Å²) in [6, 6.07) is 0. The molecule has 0 atom stereocenters. The second-order valence-electron chi connectivity index (χ2n) is 3.69. The van der Waals surface area contributed by atoms with Gasteiger partial charge in [0.15, 0.2) is 5.16 Å². The maximum Gasteiger partial charge on any atom is 0.343 e. The highest BCUT2D eigenvalue weighted by atomic mass is 35.5. The quantitative estimate of drug-likeness (QED) is 0.686. The van der Waals surface area contributed by atoms with E-state index in [1.165, 1.54) is 11.8 Å². The summed E-state index contributed by atoms with van der Waals surface area (Å²) in [5, 5.41) is 7.89. The standard InChI is InChI=1S/C10H12ClN5OS/c1-3-4-16-9(17)14-15-10(16)18-7-6(2)5-12-8(11)13-7/h5H,3-4H2,1-2H3,(H,14,17). The number of aromatic nitrogens is 5. The molecule has 0 saturated heterocycles. The zero-order chi connectivity index (χ0) is 13.1. The number of nitrogens with zero attached hydrogens (tertiary/aromatic N) is 4. The van der Waals surface area contributed by atoms with Gasteiger partial charge in [-0.15, -0.1) is 5.10 Å². The zero-order valence-electron chi connectivity index (χ0n) is 9.97. The lowest BCUT2D eigenvalue weighted by atomic mass is 10.4. The first kappa shape index (κ1) is 13.1. The fourth-order valence-electron chi connectivity index (χ4n) is 1.40. The molecule has 0 aliphatic carbocycles. The van der Waals surface area contributed by atoms with E-state index in [2.05, 4.69) is 20.2 Å². The summed E-state index contributed by atoms with van der Waals surface area (Å²) in [7, 11) is 0. The maximum absolute atomic E-state index is 11.5. The van der Waals surface area contributed by atoms with Crippen LogP contribution >= 0.6 is 23.4 Å². The highest BCUT2D eigenvalue weighted by molar-refractivity contribution is 7.99. The van der Waals surface area contributed by atoms with Crippen LogP contribution in [0.25, 0.3) is 0 Å². The summed E-state index contributed by atoms with van der Waals surface area (Å²) in [4.78, 5) is 19.6. The lowest BCUT2D eigenvalue weighted by molar-refractivity contribution is 0.603. The van der Waals surface area contributed by atoms with Crippen molar-refractivity contribution in [1.82, 2.24) is 24.7 Å². The van der Waals surface area contributed by atoms with Crippen LogP contribution in [0.1, 0.15) is 18.9 Å². The Kier molecular flexibility index (Phi) is 4.03. The molecule has 18 heavy (non-hydrogen) atoms. The predicted molar refractivity (Wildman–Crippen MR) is 69.0 cm³/mol. The molecule has 0 aliphatic heterocycles. The lowest BCUT2D eigenvalue weighted by Crippen LogP contribution is -2.17. The first-order chi connectivity index (χ1) is 8.61. The normalized spacial score (nSPS) is 10.8. The van der Waals surface area contributed by atoms with Crippen LogP contribution in [0.3, 0.4) is 0 Å². The molecule has 0 spiro atoms. The molecule has 8 heteroatoms. The molecule has 96 valence electrons. The second kappa shape index (κ2) is 5.53. The Bertz CT molecular complexity index is 609. The van der Waals surface area contributed by atoms with Crippen LogP contribution in [0.4, 0.5) is 0 Å². The molecule has 0 unspecified atom stereocenters. The van der Waals surface area contributed by atoms with Gasteiger partial charge < -0.3 is 0 Å². The SMILES string of the molecule is CCCn1c(Sc2nc(Cl)ncc2C)n[nH]c1=O. The van der Waals surface area contributed by atoms with Crippen LogP contribution in [-0.4, -0.2) is 24.7 Å². The fourth-order valence-corrected chi connectivity index (χ4v) is 2.48. The minimum atomic E-state index is -0.211. The average Bonchev–Trinajstić information content (AvgIpc) is 2.67. The summed E-state index contributed by atoms with van der Waals surface area (Å²) in [6.07, 6.45) is 2.50. The van der Waals surface area contributed by atoms with Crippen LogP contribution in [0.2, 0.25) is 5.28 Å². The van der Waals surface area contributed by atoms with Crippen molar-refractivity contribution in [2.24, 2.45) is 0 Å². The summed E-state index contributed by atoms with van der Waals surface area (Å²) in [5.74, 6) is 0. The number of rotatable bonds is 4. The van der Waals surface area contributed by atoms with Gasteiger partial charge in [0.1, 0.15) is 5.03 Å². The Hall–Kier alpha value is -1.34. The predicted octanol–water partition coefficient (Wildman–Crippen LogP) is 1.88. The minimum Gasteiger partial charge on any atom is -0.270 e. The zero-order valence-corrected chi connectivity index (χ0v) is 11.5. The Morgan fingerprint density at radius 3 is 3.06 bits per heavy atom. The molecule has 2 rings (SSSR count). The molecule has 0 radical (unpaired) electrons. The van der Waals surface area contributed by atoms with Crippen molar-refractivity contribution in [3.63, 3.8) is 0 Å². The fraction of sp³-hybridized carbons (Fsp3) is 0.400. The number of aryl methyl sites for hydroxylation is 1. The first-order valence-corrected chi connectivity index (χ1v) is 6.63. The van der Waals surface area contributed by atoms with Crippen LogP contribution in [0.15, 0.2) is 21.2 Å². The summed E-state index contributed by atoms with van der Waals surface area (Å²) in [5.41, 5.74) is 0.681. The monoisotopic (exact) mass is 285 g/mol. The van der Waals surface area contributed by atoms with Gasteiger partial charge in [-0.25, -0.2) is 19.9 Å². The third kappa shape index (κ3) is 2.73. The second-order valence-corrected chi connectivity index (χ2v) is 4.99. The smallest absolute Gasteiger partial charge is 0.270 e. The summed E-state index contributed by atoms with van der Waals surface area (Å²) >= 11 is 7.06. The Morgan fingerprint density at radius 1 is 1.56 bits per heavy atom. The van der Waals surface area contributed by atoms with Crippen LogP contribution in [0.5, 0.6) is 0 Å². The molecular weight excluding hydrogens is 274 g/mol. The van der Waals surface area contributed by atoms with Crippen LogP contribution < -0.4 is 5.69 Å². The van der Waals surface area contributed by atoms with Crippen molar-refractivity contribution < 1.29 is 0 Å². The largest absolute Gasteiger partial charge is 0.343 e. The van der Waals surface area contributed by atoms with Crippen molar-refractivity contribution in [2.75, 3.05) is 0 Å².